The molecule has 0 saturated carbocycles. The number of hydrogen-bond acceptors (Lipinski definition) is 0. The van der Waals surface area contributed by atoms with E-state index in [0.717, 1.165) is 77.5 Å². The van der Waals surface area contributed by atoms with Gasteiger partial charge in [0.1, 0.15) is 0 Å². The highest BCUT2D eigenvalue weighted by Gasteiger charge is 2.20. The van der Waals surface area contributed by atoms with Gasteiger partial charge in [-0.25, -0.2) is 0 Å². The molecule has 262 valence electrons. The third-order valence-corrected chi connectivity index (χ3v) is 11.1. The highest BCUT2D eigenvalue weighted by atomic mass is 15.0. The van der Waals surface area contributed by atoms with Crippen molar-refractivity contribution in [2.75, 3.05) is 0 Å². The summed E-state index contributed by atoms with van der Waals surface area (Å²) < 4.78 is 33.8. The fourth-order valence-corrected chi connectivity index (χ4v) is 8.48. The molecule has 2 aromatic heterocycles. The third kappa shape index (κ3) is 5.19. The van der Waals surface area contributed by atoms with Gasteiger partial charge in [-0.15, -0.1) is 0 Å². The van der Waals surface area contributed by atoms with Crippen LogP contribution in [-0.2, 0) is 0 Å². The van der Waals surface area contributed by atoms with Crippen LogP contribution in [-0.4, -0.2) is 9.13 Å². The van der Waals surface area contributed by atoms with Crippen LogP contribution in [0.25, 0.3) is 99.5 Å². The van der Waals surface area contributed by atoms with E-state index in [9.17, 15) is 4.11 Å². The van der Waals surface area contributed by atoms with Crippen molar-refractivity contribution in [2.45, 2.75) is 0 Å². The average Bonchev–Trinajstić information content (AvgIpc) is 3.83. The fraction of sp³-hybridized carbons (Fsp3) is 0. The van der Waals surface area contributed by atoms with Crippen molar-refractivity contribution in [3.8, 4) is 55.9 Å². The molecule has 0 N–H and O–H groups in total. The predicted molar refractivity (Wildman–Crippen MR) is 237 cm³/mol. The Morgan fingerprint density at radius 3 is 1.66 bits per heavy atom. The van der Waals surface area contributed by atoms with Gasteiger partial charge in [0.15, 0.2) is 0 Å². The second kappa shape index (κ2) is 13.2. The zero-order valence-electron chi connectivity index (χ0n) is 33.4. The summed E-state index contributed by atoms with van der Waals surface area (Å²) in [5, 5.41) is 3.66. The van der Waals surface area contributed by atoms with Crippen LogP contribution in [0.5, 0.6) is 0 Å². The first kappa shape index (κ1) is 29.0. The van der Waals surface area contributed by atoms with Crippen molar-refractivity contribution in [1.82, 2.24) is 9.13 Å². The summed E-state index contributed by atoms with van der Waals surface area (Å²) in [5.74, 6) is 0. The minimum atomic E-state index is 0.0355. The lowest BCUT2D eigenvalue weighted by atomic mass is 9.93. The Hall–Kier alpha value is -7.42. The Morgan fingerprint density at radius 1 is 0.304 bits per heavy atom. The van der Waals surface area contributed by atoms with E-state index in [0.29, 0.717) is 16.5 Å². The lowest BCUT2D eigenvalue weighted by molar-refractivity contribution is 1.18. The van der Waals surface area contributed by atoms with Crippen LogP contribution in [0.1, 0.15) is 4.11 Å². The number of fused-ring (bicyclic) bond motifs is 6. The van der Waals surface area contributed by atoms with Gasteiger partial charge in [-0.2, -0.15) is 0 Å². The fourth-order valence-electron chi connectivity index (χ4n) is 8.48. The smallest absolute Gasteiger partial charge is 0.0645 e. The van der Waals surface area contributed by atoms with E-state index >= 15 is 0 Å². The lowest BCUT2D eigenvalue weighted by Crippen LogP contribution is -1.96. The normalized spacial score (nSPS) is 12.3. The average molecular weight is 716 g/mol. The molecule has 0 radical (unpaired) electrons. The van der Waals surface area contributed by atoms with Gasteiger partial charge in [0.25, 0.3) is 0 Å². The van der Waals surface area contributed by atoms with Crippen molar-refractivity contribution in [3.63, 3.8) is 0 Å². The van der Waals surface area contributed by atoms with Gasteiger partial charge in [-0.3, -0.25) is 0 Å². The molecule has 2 heterocycles. The van der Waals surface area contributed by atoms with Gasteiger partial charge in [0, 0.05) is 38.5 Å². The number of rotatable bonds is 6. The Balaban J connectivity index is 1.15. The highest BCUT2D eigenvalue weighted by Crippen LogP contribution is 2.43. The van der Waals surface area contributed by atoms with E-state index in [2.05, 4.69) is 161 Å². The van der Waals surface area contributed by atoms with Crippen LogP contribution >= 0.6 is 0 Å². The Bertz CT molecular complexity index is 3390. The molecular formula is C54H36N2. The van der Waals surface area contributed by atoms with Gasteiger partial charge in [-0.1, -0.05) is 164 Å². The molecule has 0 saturated heterocycles. The van der Waals surface area contributed by atoms with Gasteiger partial charge >= 0.3 is 0 Å². The maximum absolute atomic E-state index is 10.0. The molecule has 2 heteroatoms. The van der Waals surface area contributed by atoms with E-state index in [1.807, 2.05) is 48.5 Å². The summed E-state index contributed by atoms with van der Waals surface area (Å²) in [6.07, 6.45) is 0. The Morgan fingerprint density at radius 2 is 0.875 bits per heavy atom. The topological polar surface area (TPSA) is 9.86 Å². The predicted octanol–water partition coefficient (Wildman–Crippen LogP) is 14.5. The number of para-hydroxylation sites is 3. The second-order valence-corrected chi connectivity index (χ2v) is 14.3. The van der Waals surface area contributed by atoms with E-state index in [1.54, 1.807) is 0 Å². The van der Waals surface area contributed by atoms with Crippen LogP contribution in [0.2, 0.25) is 0 Å². The molecule has 9 aromatic carbocycles. The molecule has 0 unspecified atom stereocenters. The van der Waals surface area contributed by atoms with E-state index in [-0.39, 0.29) is 18.1 Å². The van der Waals surface area contributed by atoms with Crippen molar-refractivity contribution in [2.24, 2.45) is 0 Å². The van der Waals surface area contributed by atoms with Gasteiger partial charge in [-0.05, 0) is 93.5 Å². The largest absolute Gasteiger partial charge is 0.309 e. The molecule has 0 spiro atoms. The van der Waals surface area contributed by atoms with E-state index < -0.39 is 0 Å². The van der Waals surface area contributed by atoms with Crippen LogP contribution in [0.3, 0.4) is 0 Å². The number of benzene rings is 9. The first-order valence-electron chi connectivity index (χ1n) is 20.5. The summed E-state index contributed by atoms with van der Waals surface area (Å²) in [5.41, 5.74) is 13.3. The van der Waals surface area contributed by atoms with Gasteiger partial charge in [0.2, 0.25) is 0 Å². The summed E-state index contributed by atoms with van der Waals surface area (Å²) in [7, 11) is 0. The standard InChI is InChI=1S/C54H36N2/c1-4-15-37(16-5-1)38-27-31-43(32-28-38)55-51-26-13-12-23-46(51)49-35-40(29-33-52(49)55)41-30-34-53-50(36-41)48-25-14-24-47(54(48)56(53)42-19-8-3-9-20-42)45-22-11-10-21-44(45)39-17-6-2-7-18-39/h1-36H/i30D,34D,36D. The number of nitrogens with zero attached hydrogens (tertiary/aromatic N) is 2. The molecule has 0 fully saturated rings. The molecule has 0 atom stereocenters. The van der Waals surface area contributed by atoms with Crippen molar-refractivity contribution >= 4 is 43.6 Å². The highest BCUT2D eigenvalue weighted by molar-refractivity contribution is 6.16. The van der Waals surface area contributed by atoms with Crippen LogP contribution < -0.4 is 0 Å². The molecule has 56 heavy (non-hydrogen) atoms. The molecule has 0 aliphatic rings. The third-order valence-electron chi connectivity index (χ3n) is 11.1. The molecular weight excluding hydrogens is 677 g/mol. The molecule has 11 rings (SSSR count). The summed E-state index contributed by atoms with van der Waals surface area (Å²) in [4.78, 5) is 0. The minimum absolute atomic E-state index is 0.0355. The van der Waals surface area contributed by atoms with E-state index in [1.165, 1.54) is 5.56 Å². The molecule has 0 amide bonds. The number of aromatic nitrogens is 2. The van der Waals surface area contributed by atoms with Gasteiger partial charge in [0.05, 0.1) is 26.2 Å². The van der Waals surface area contributed by atoms with E-state index in [4.69, 9.17) is 0 Å². The molecule has 2 nitrogen and oxygen atoms in total. The molecule has 0 bridgehead atoms. The zero-order valence-corrected chi connectivity index (χ0v) is 30.4. The van der Waals surface area contributed by atoms with Gasteiger partial charge < -0.3 is 9.13 Å². The maximum Gasteiger partial charge on any atom is 0.0645 e. The second-order valence-electron chi connectivity index (χ2n) is 14.3. The molecule has 11 aromatic rings. The lowest BCUT2D eigenvalue weighted by Gasteiger charge is -2.15. The quantitative estimate of drug-likeness (QED) is 0.162. The summed E-state index contributed by atoms with van der Waals surface area (Å²) >= 11 is 0. The Labute approximate surface area is 330 Å². The number of hydrogen-bond donors (Lipinski definition) is 0. The van der Waals surface area contributed by atoms with Crippen LogP contribution in [0.4, 0.5) is 0 Å². The zero-order chi connectivity index (χ0) is 39.6. The molecule has 0 aliphatic heterocycles. The van der Waals surface area contributed by atoms with Crippen LogP contribution in [0.15, 0.2) is 218 Å². The first-order valence-corrected chi connectivity index (χ1v) is 19.0. The maximum atomic E-state index is 10.0. The van der Waals surface area contributed by atoms with Crippen molar-refractivity contribution < 1.29 is 4.11 Å². The summed E-state index contributed by atoms with van der Waals surface area (Å²) in [6.45, 7) is 0. The summed E-state index contributed by atoms with van der Waals surface area (Å²) in [6, 6.07) is 69.2. The SMILES string of the molecule is [2H]c1c(-c2ccc3c(c2)c2ccccc2n3-c2ccc(-c3ccccc3)cc2)c([2H])c2c3cccc(-c4ccccc4-c4ccccc4)c3n(-c3ccccc3)c2c1[2H]. The van der Waals surface area contributed by atoms with Crippen molar-refractivity contribution in [3.05, 3.63) is 218 Å². The monoisotopic (exact) mass is 715 g/mol. The van der Waals surface area contributed by atoms with Crippen molar-refractivity contribution in [1.29, 1.82) is 0 Å². The Kier molecular flexibility index (Phi) is 6.81. The van der Waals surface area contributed by atoms with Crippen LogP contribution in [0, 0.1) is 0 Å². The minimum Gasteiger partial charge on any atom is -0.309 e. The first-order chi connectivity index (χ1) is 29.1. The molecule has 0 aliphatic carbocycles.